The average molecular weight is 314 g/mol. The van der Waals surface area contributed by atoms with Gasteiger partial charge in [-0.05, 0) is 31.2 Å². The molecule has 1 N–H and O–H groups in total. The summed E-state index contributed by atoms with van der Waals surface area (Å²) in [6.07, 6.45) is 0. The number of hydrogen-bond donors (Lipinski definition) is 1. The zero-order chi connectivity index (χ0) is 16.6. The Morgan fingerprint density at radius 1 is 0.750 bits per heavy atom. The van der Waals surface area contributed by atoms with Crippen LogP contribution in [0.3, 0.4) is 0 Å². The van der Waals surface area contributed by atoms with Gasteiger partial charge >= 0.3 is 0 Å². The van der Waals surface area contributed by atoms with Crippen molar-refractivity contribution in [2.24, 2.45) is 15.3 Å². The molecule has 0 fully saturated rings. The van der Waals surface area contributed by atoms with Crippen LogP contribution in [-0.2, 0) is 0 Å². The van der Waals surface area contributed by atoms with Crippen molar-refractivity contribution in [3.63, 3.8) is 0 Å². The average Bonchev–Trinajstić information content (AvgIpc) is 2.65. The number of aryl methyl sites for hydroxylation is 1. The third-order valence-corrected chi connectivity index (χ3v) is 3.39. The largest absolute Gasteiger partial charge is 0.276 e. The molecule has 3 rings (SSSR count). The smallest absolute Gasteiger partial charge is 0.201 e. The molecule has 4 heteroatoms. The van der Waals surface area contributed by atoms with Crippen LogP contribution in [0.2, 0.25) is 0 Å². The highest BCUT2D eigenvalue weighted by Gasteiger charge is 2.02. The molecule has 0 aromatic heterocycles. The first-order valence-corrected chi connectivity index (χ1v) is 7.74. The van der Waals surface area contributed by atoms with Gasteiger partial charge in [0.2, 0.25) is 5.84 Å². The van der Waals surface area contributed by atoms with E-state index in [2.05, 4.69) is 27.7 Å². The Bertz CT molecular complexity index is 823. The van der Waals surface area contributed by atoms with Crippen LogP contribution in [0.1, 0.15) is 11.1 Å². The SMILES string of the molecule is Cc1ccc(NN=C(N=Nc2ccccc2)c2ccccc2)cc1. The van der Waals surface area contributed by atoms with E-state index in [-0.39, 0.29) is 0 Å². The molecule has 0 aliphatic carbocycles. The van der Waals surface area contributed by atoms with Gasteiger partial charge in [-0.15, -0.1) is 10.2 Å². The summed E-state index contributed by atoms with van der Waals surface area (Å²) in [5.41, 5.74) is 6.84. The Morgan fingerprint density at radius 3 is 2.04 bits per heavy atom. The lowest BCUT2D eigenvalue weighted by Gasteiger charge is -2.04. The number of rotatable bonds is 4. The maximum Gasteiger partial charge on any atom is 0.201 e. The predicted molar refractivity (Wildman–Crippen MR) is 98.7 cm³/mol. The lowest BCUT2D eigenvalue weighted by atomic mass is 10.2. The summed E-state index contributed by atoms with van der Waals surface area (Å²) in [7, 11) is 0. The fraction of sp³-hybridized carbons (Fsp3) is 0.0500. The van der Waals surface area contributed by atoms with E-state index in [0.717, 1.165) is 16.9 Å². The molecule has 0 aliphatic heterocycles. The lowest BCUT2D eigenvalue weighted by molar-refractivity contribution is 1.22. The number of nitrogens with zero attached hydrogens (tertiary/aromatic N) is 3. The number of amidine groups is 1. The highest BCUT2D eigenvalue weighted by Crippen LogP contribution is 2.13. The van der Waals surface area contributed by atoms with Crippen LogP contribution in [0.15, 0.2) is 100 Å². The van der Waals surface area contributed by atoms with Crippen LogP contribution >= 0.6 is 0 Å². The van der Waals surface area contributed by atoms with Gasteiger partial charge in [-0.25, -0.2) is 0 Å². The Morgan fingerprint density at radius 2 is 1.38 bits per heavy atom. The minimum Gasteiger partial charge on any atom is -0.276 e. The summed E-state index contributed by atoms with van der Waals surface area (Å²) >= 11 is 0. The van der Waals surface area contributed by atoms with Crippen molar-refractivity contribution >= 4 is 17.2 Å². The van der Waals surface area contributed by atoms with Crippen molar-refractivity contribution in [2.45, 2.75) is 6.92 Å². The minimum atomic E-state index is 0.528. The molecule has 0 spiro atoms. The monoisotopic (exact) mass is 314 g/mol. The second-order valence-electron chi connectivity index (χ2n) is 5.31. The van der Waals surface area contributed by atoms with Crippen molar-refractivity contribution in [1.82, 2.24) is 0 Å². The summed E-state index contributed by atoms with van der Waals surface area (Å²) in [6.45, 7) is 2.05. The minimum absolute atomic E-state index is 0.528. The Kier molecular flexibility index (Phi) is 5.10. The second-order valence-corrected chi connectivity index (χ2v) is 5.31. The van der Waals surface area contributed by atoms with Crippen LogP contribution in [-0.4, -0.2) is 5.84 Å². The number of benzene rings is 3. The molecule has 4 nitrogen and oxygen atoms in total. The van der Waals surface area contributed by atoms with Gasteiger partial charge in [0, 0.05) is 5.56 Å². The van der Waals surface area contributed by atoms with Crippen LogP contribution in [0.25, 0.3) is 0 Å². The fourth-order valence-electron chi connectivity index (χ4n) is 2.08. The molecule has 0 bridgehead atoms. The normalized spacial score (nSPS) is 11.6. The maximum absolute atomic E-state index is 4.42. The predicted octanol–water partition coefficient (Wildman–Crippen LogP) is 5.55. The van der Waals surface area contributed by atoms with Crippen LogP contribution < -0.4 is 5.43 Å². The van der Waals surface area contributed by atoms with Crippen molar-refractivity contribution in [3.8, 4) is 0 Å². The van der Waals surface area contributed by atoms with Gasteiger partial charge in [0.15, 0.2) is 0 Å². The van der Waals surface area contributed by atoms with E-state index in [1.54, 1.807) is 0 Å². The fourth-order valence-corrected chi connectivity index (χ4v) is 2.08. The Hall–Kier alpha value is -3.27. The van der Waals surface area contributed by atoms with Gasteiger partial charge in [-0.2, -0.15) is 5.10 Å². The van der Waals surface area contributed by atoms with E-state index in [4.69, 9.17) is 0 Å². The van der Waals surface area contributed by atoms with Gasteiger partial charge in [-0.3, -0.25) is 5.43 Å². The van der Waals surface area contributed by atoms with E-state index in [9.17, 15) is 0 Å². The molecule has 0 amide bonds. The Labute approximate surface area is 141 Å². The third-order valence-electron chi connectivity index (χ3n) is 3.39. The van der Waals surface area contributed by atoms with E-state index in [1.807, 2.05) is 84.9 Å². The summed E-state index contributed by atoms with van der Waals surface area (Å²) in [4.78, 5) is 0. The first-order valence-electron chi connectivity index (χ1n) is 7.74. The zero-order valence-corrected chi connectivity index (χ0v) is 13.4. The van der Waals surface area contributed by atoms with Crippen molar-refractivity contribution in [2.75, 3.05) is 5.43 Å². The molecular weight excluding hydrogens is 296 g/mol. The first-order chi connectivity index (χ1) is 11.8. The number of nitrogens with one attached hydrogen (secondary N) is 1. The van der Waals surface area contributed by atoms with Gasteiger partial charge in [0.25, 0.3) is 0 Å². The zero-order valence-electron chi connectivity index (χ0n) is 13.4. The molecular formula is C20H18N4. The highest BCUT2D eigenvalue weighted by atomic mass is 15.3. The molecule has 0 radical (unpaired) electrons. The van der Waals surface area contributed by atoms with Crippen molar-refractivity contribution in [3.05, 3.63) is 96.1 Å². The number of anilines is 1. The summed E-state index contributed by atoms with van der Waals surface area (Å²) in [6, 6.07) is 27.4. The van der Waals surface area contributed by atoms with Gasteiger partial charge in [0.05, 0.1) is 11.4 Å². The number of hydrazone groups is 1. The standard InChI is InChI=1S/C20H18N4/c1-16-12-14-19(15-13-16)22-24-20(17-8-4-2-5-9-17)23-21-18-10-6-3-7-11-18/h2-15,22H,1H3. The summed E-state index contributed by atoms with van der Waals surface area (Å²) in [5.74, 6) is 0.528. The van der Waals surface area contributed by atoms with Gasteiger partial charge in [-0.1, -0.05) is 66.2 Å². The lowest BCUT2D eigenvalue weighted by Crippen LogP contribution is -2.01. The van der Waals surface area contributed by atoms with E-state index in [0.29, 0.717) is 5.84 Å². The molecule has 3 aromatic rings. The van der Waals surface area contributed by atoms with Crippen LogP contribution in [0.5, 0.6) is 0 Å². The van der Waals surface area contributed by atoms with E-state index < -0.39 is 0 Å². The molecule has 0 aliphatic rings. The molecule has 3 aromatic carbocycles. The summed E-state index contributed by atoms with van der Waals surface area (Å²) in [5, 5.41) is 13.0. The number of azo groups is 1. The molecule has 118 valence electrons. The van der Waals surface area contributed by atoms with Gasteiger partial charge in [0.1, 0.15) is 0 Å². The van der Waals surface area contributed by atoms with Crippen LogP contribution in [0, 0.1) is 6.92 Å². The maximum atomic E-state index is 4.42. The number of hydrogen-bond acceptors (Lipinski definition) is 3. The van der Waals surface area contributed by atoms with Gasteiger partial charge < -0.3 is 0 Å². The second kappa shape index (κ2) is 7.83. The quantitative estimate of drug-likeness (QED) is 0.292. The third kappa shape index (κ3) is 4.36. The van der Waals surface area contributed by atoms with Crippen molar-refractivity contribution in [1.29, 1.82) is 0 Å². The van der Waals surface area contributed by atoms with E-state index >= 15 is 0 Å². The Balaban J connectivity index is 1.86. The molecule has 0 unspecified atom stereocenters. The molecule has 0 heterocycles. The van der Waals surface area contributed by atoms with E-state index in [1.165, 1.54) is 5.56 Å². The topological polar surface area (TPSA) is 49.1 Å². The summed E-state index contributed by atoms with van der Waals surface area (Å²) < 4.78 is 0. The molecule has 0 saturated carbocycles. The van der Waals surface area contributed by atoms with Crippen LogP contribution in [0.4, 0.5) is 11.4 Å². The highest BCUT2D eigenvalue weighted by molar-refractivity contribution is 5.99. The molecule has 24 heavy (non-hydrogen) atoms. The van der Waals surface area contributed by atoms with Crippen molar-refractivity contribution < 1.29 is 0 Å². The molecule has 0 saturated heterocycles. The first kappa shape index (κ1) is 15.6. The molecule has 0 atom stereocenters.